The van der Waals surface area contributed by atoms with E-state index in [4.69, 9.17) is 27.9 Å². The third-order valence-electron chi connectivity index (χ3n) is 3.76. The maximum absolute atomic E-state index is 12.6. The first kappa shape index (κ1) is 16.6. The van der Waals surface area contributed by atoms with Crippen LogP contribution >= 0.6 is 23.2 Å². The molecule has 124 valence electrons. The smallest absolute Gasteiger partial charge is 0.278 e. The summed E-state index contributed by atoms with van der Waals surface area (Å²) in [5.74, 6) is -0.776. The maximum Gasteiger partial charge on any atom is 0.278 e. The molecule has 0 aromatic heterocycles. The second-order valence-electron chi connectivity index (χ2n) is 5.64. The highest BCUT2D eigenvalue weighted by Gasteiger charge is 2.47. The second kappa shape index (κ2) is 6.00. The van der Waals surface area contributed by atoms with E-state index in [0.29, 0.717) is 22.1 Å². The first-order chi connectivity index (χ1) is 11.3. The van der Waals surface area contributed by atoms with Crippen LogP contribution < -0.4 is 15.4 Å². The Labute approximate surface area is 148 Å². The molecule has 7 heteroatoms. The van der Waals surface area contributed by atoms with Crippen molar-refractivity contribution in [3.63, 3.8) is 0 Å². The average molecular weight is 365 g/mol. The Hall–Kier alpha value is -2.24. The zero-order valence-electron chi connectivity index (χ0n) is 12.9. The summed E-state index contributed by atoms with van der Waals surface area (Å²) in [6.45, 7) is 3.30. The molecule has 0 saturated heterocycles. The van der Waals surface area contributed by atoms with Crippen LogP contribution in [0.2, 0.25) is 10.0 Å². The molecule has 0 bridgehead atoms. The summed E-state index contributed by atoms with van der Waals surface area (Å²) in [5.41, 5.74) is 0.0810. The molecule has 24 heavy (non-hydrogen) atoms. The summed E-state index contributed by atoms with van der Waals surface area (Å²) in [7, 11) is 0. The zero-order chi connectivity index (χ0) is 17.5. The molecule has 2 aromatic rings. The Kier molecular flexibility index (Phi) is 4.15. The summed E-state index contributed by atoms with van der Waals surface area (Å²) < 4.78 is 5.69. The molecular formula is C17H14Cl2N2O3. The molecule has 1 atom stereocenters. The third-order valence-corrected chi connectivity index (χ3v) is 4.58. The fourth-order valence-corrected chi connectivity index (χ4v) is 2.68. The number of anilines is 2. The normalized spacial score (nSPS) is 19.1. The topological polar surface area (TPSA) is 67.4 Å². The van der Waals surface area contributed by atoms with Crippen molar-refractivity contribution in [2.45, 2.75) is 19.4 Å². The van der Waals surface area contributed by atoms with Crippen LogP contribution in [0.3, 0.4) is 0 Å². The Balaban J connectivity index is 1.90. The van der Waals surface area contributed by atoms with E-state index in [-0.39, 0.29) is 5.02 Å². The number of amides is 2. The number of carbonyl (C=O) groups is 2. The van der Waals surface area contributed by atoms with E-state index in [9.17, 15) is 9.59 Å². The van der Waals surface area contributed by atoms with Crippen molar-refractivity contribution in [3.05, 3.63) is 52.0 Å². The van der Waals surface area contributed by atoms with Gasteiger partial charge in [-0.05, 0) is 43.7 Å². The van der Waals surface area contributed by atoms with Gasteiger partial charge in [0.05, 0.1) is 21.4 Å². The summed E-state index contributed by atoms with van der Waals surface area (Å²) in [6.07, 6.45) is 0. The number of halogens is 2. The van der Waals surface area contributed by atoms with Gasteiger partial charge in [-0.25, -0.2) is 0 Å². The van der Waals surface area contributed by atoms with Crippen LogP contribution in [0.4, 0.5) is 11.4 Å². The van der Waals surface area contributed by atoms with Crippen LogP contribution in [0, 0.1) is 6.92 Å². The molecule has 0 radical (unpaired) electrons. The van der Waals surface area contributed by atoms with Gasteiger partial charge in [-0.15, -0.1) is 0 Å². The maximum atomic E-state index is 12.6. The summed E-state index contributed by atoms with van der Waals surface area (Å²) in [6, 6.07) is 10.2. The van der Waals surface area contributed by atoms with Crippen molar-refractivity contribution >= 4 is 46.4 Å². The van der Waals surface area contributed by atoms with Crippen LogP contribution in [0.15, 0.2) is 36.4 Å². The lowest BCUT2D eigenvalue weighted by atomic mass is 10.0. The van der Waals surface area contributed by atoms with Crippen molar-refractivity contribution in [1.82, 2.24) is 0 Å². The van der Waals surface area contributed by atoms with Crippen molar-refractivity contribution in [2.24, 2.45) is 0 Å². The SMILES string of the molecule is Cc1ccc2c(c1)NC(=O)C(C)(C(=O)Nc1cccc(Cl)c1Cl)O2. The zero-order valence-corrected chi connectivity index (χ0v) is 14.5. The highest BCUT2D eigenvalue weighted by molar-refractivity contribution is 6.44. The molecule has 1 aliphatic heterocycles. The predicted molar refractivity (Wildman–Crippen MR) is 93.9 cm³/mol. The molecule has 0 aliphatic carbocycles. The quantitative estimate of drug-likeness (QED) is 0.790. The van der Waals surface area contributed by atoms with Gasteiger partial charge >= 0.3 is 0 Å². The Bertz CT molecular complexity index is 854. The van der Waals surface area contributed by atoms with E-state index in [0.717, 1.165) is 5.56 Å². The molecule has 3 rings (SSSR count). The minimum Gasteiger partial charge on any atom is -0.466 e. The minimum atomic E-state index is -1.73. The highest BCUT2D eigenvalue weighted by Crippen LogP contribution is 2.36. The lowest BCUT2D eigenvalue weighted by Gasteiger charge is -2.33. The van der Waals surface area contributed by atoms with E-state index in [1.54, 1.807) is 30.3 Å². The molecule has 2 aromatic carbocycles. The van der Waals surface area contributed by atoms with Gasteiger partial charge in [0.1, 0.15) is 5.75 Å². The van der Waals surface area contributed by atoms with Gasteiger partial charge in [0.2, 0.25) is 0 Å². The number of hydrogen-bond donors (Lipinski definition) is 2. The largest absolute Gasteiger partial charge is 0.466 e. The number of hydrogen-bond acceptors (Lipinski definition) is 3. The van der Waals surface area contributed by atoms with Crippen LogP contribution in [0.25, 0.3) is 0 Å². The van der Waals surface area contributed by atoms with Crippen molar-refractivity contribution in [3.8, 4) is 5.75 Å². The predicted octanol–water partition coefficient (Wildman–Crippen LogP) is 4.03. The van der Waals surface area contributed by atoms with Gasteiger partial charge < -0.3 is 15.4 Å². The van der Waals surface area contributed by atoms with E-state index < -0.39 is 17.4 Å². The van der Waals surface area contributed by atoms with E-state index in [1.807, 2.05) is 13.0 Å². The van der Waals surface area contributed by atoms with Crippen LogP contribution in [-0.2, 0) is 9.59 Å². The Morgan fingerprint density at radius 1 is 1.25 bits per heavy atom. The number of aryl methyl sites for hydroxylation is 1. The molecule has 5 nitrogen and oxygen atoms in total. The number of nitrogens with one attached hydrogen (secondary N) is 2. The van der Waals surface area contributed by atoms with Crippen molar-refractivity contribution in [1.29, 1.82) is 0 Å². The van der Waals surface area contributed by atoms with Gasteiger partial charge in [-0.3, -0.25) is 9.59 Å². The van der Waals surface area contributed by atoms with Gasteiger partial charge in [0.25, 0.3) is 17.4 Å². The van der Waals surface area contributed by atoms with Crippen LogP contribution in [0.1, 0.15) is 12.5 Å². The van der Waals surface area contributed by atoms with Gasteiger partial charge in [0, 0.05) is 0 Å². The molecule has 0 fully saturated rings. The molecule has 0 saturated carbocycles. The second-order valence-corrected chi connectivity index (χ2v) is 6.43. The van der Waals surface area contributed by atoms with Crippen molar-refractivity contribution in [2.75, 3.05) is 10.6 Å². The molecule has 2 N–H and O–H groups in total. The fraction of sp³-hybridized carbons (Fsp3) is 0.176. The summed E-state index contributed by atoms with van der Waals surface area (Å²) in [5, 5.41) is 5.79. The van der Waals surface area contributed by atoms with Gasteiger partial charge in [0.15, 0.2) is 0 Å². The fourth-order valence-electron chi connectivity index (χ4n) is 2.33. The average Bonchev–Trinajstić information content (AvgIpc) is 2.53. The van der Waals surface area contributed by atoms with E-state index in [1.165, 1.54) is 6.92 Å². The first-order valence-corrected chi connectivity index (χ1v) is 7.93. The summed E-state index contributed by atoms with van der Waals surface area (Å²) >= 11 is 12.0. The van der Waals surface area contributed by atoms with E-state index in [2.05, 4.69) is 10.6 Å². The van der Waals surface area contributed by atoms with E-state index >= 15 is 0 Å². The molecule has 1 heterocycles. The molecule has 1 unspecified atom stereocenters. The van der Waals surface area contributed by atoms with Crippen molar-refractivity contribution < 1.29 is 14.3 Å². The Morgan fingerprint density at radius 2 is 2.00 bits per heavy atom. The van der Waals surface area contributed by atoms with Gasteiger partial charge in [-0.1, -0.05) is 35.3 Å². The minimum absolute atomic E-state index is 0.198. The summed E-state index contributed by atoms with van der Waals surface area (Å²) in [4.78, 5) is 25.1. The number of carbonyl (C=O) groups excluding carboxylic acids is 2. The lowest BCUT2D eigenvalue weighted by molar-refractivity contribution is -0.143. The monoisotopic (exact) mass is 364 g/mol. The van der Waals surface area contributed by atoms with Crippen LogP contribution in [-0.4, -0.2) is 17.4 Å². The number of benzene rings is 2. The molecule has 2 amide bonds. The number of rotatable bonds is 2. The standard InChI is InChI=1S/C17H14Cl2N2O3/c1-9-6-7-13-12(8-9)21-16(23)17(2,24-13)15(22)20-11-5-3-4-10(18)14(11)19/h3-8H,1-2H3,(H,20,22)(H,21,23). The third kappa shape index (κ3) is 2.81. The molecular weight excluding hydrogens is 351 g/mol. The molecule has 1 aliphatic rings. The number of fused-ring (bicyclic) bond motifs is 1. The van der Waals surface area contributed by atoms with Gasteiger partial charge in [-0.2, -0.15) is 0 Å². The first-order valence-electron chi connectivity index (χ1n) is 7.18. The number of ether oxygens (including phenoxy) is 1. The highest BCUT2D eigenvalue weighted by atomic mass is 35.5. The Morgan fingerprint density at radius 3 is 2.75 bits per heavy atom. The molecule has 0 spiro atoms. The van der Waals surface area contributed by atoms with Crippen LogP contribution in [0.5, 0.6) is 5.75 Å². The lowest BCUT2D eigenvalue weighted by Crippen LogP contribution is -2.56.